The third-order valence-corrected chi connectivity index (χ3v) is 4.00. The van der Waals surface area contributed by atoms with Crippen molar-refractivity contribution in [3.8, 4) is 0 Å². The highest BCUT2D eigenvalue weighted by molar-refractivity contribution is 4.56. The fraction of sp³-hybridized carbons (Fsp3) is 1.00. The minimum atomic E-state index is -4.24. The van der Waals surface area contributed by atoms with Crippen molar-refractivity contribution in [3.63, 3.8) is 0 Å². The van der Waals surface area contributed by atoms with E-state index >= 15 is 0 Å². The summed E-state index contributed by atoms with van der Waals surface area (Å²) in [5.74, 6) is 0. The predicted molar refractivity (Wildman–Crippen MR) is 93.1 cm³/mol. The van der Waals surface area contributed by atoms with Gasteiger partial charge in [-0.1, -0.05) is 78.1 Å². The van der Waals surface area contributed by atoms with Crippen LogP contribution in [0.3, 0.4) is 0 Å². The summed E-state index contributed by atoms with van der Waals surface area (Å²) in [6.45, 7) is 5.02. The van der Waals surface area contributed by atoms with Crippen LogP contribution in [0, 0.1) is 0 Å². The smallest absolute Gasteiger partial charge is 0.352 e. The molecule has 146 valence electrons. The van der Waals surface area contributed by atoms with Gasteiger partial charge in [-0.25, -0.2) is 0 Å². The summed E-state index contributed by atoms with van der Waals surface area (Å²) in [7, 11) is 0. The van der Waals surface area contributed by atoms with E-state index in [4.69, 9.17) is 9.47 Å². The maximum atomic E-state index is 12.6. The van der Waals surface area contributed by atoms with Crippen LogP contribution < -0.4 is 0 Å². The first-order chi connectivity index (χ1) is 11.5. The van der Waals surface area contributed by atoms with Crippen molar-refractivity contribution in [2.75, 3.05) is 13.2 Å². The number of hydrogen-bond donors (Lipinski definition) is 0. The van der Waals surface area contributed by atoms with Gasteiger partial charge < -0.3 is 9.47 Å². The largest absolute Gasteiger partial charge is 0.393 e. The molecule has 0 aromatic carbocycles. The van der Waals surface area contributed by atoms with Gasteiger partial charge in [0.1, 0.15) is 0 Å². The second kappa shape index (κ2) is 16.2. The molecule has 0 aliphatic carbocycles. The van der Waals surface area contributed by atoms with E-state index in [0.29, 0.717) is 13.2 Å². The fourth-order valence-corrected chi connectivity index (χ4v) is 2.55. The maximum Gasteiger partial charge on any atom is 0.393 e. The zero-order valence-corrected chi connectivity index (χ0v) is 15.6. The van der Waals surface area contributed by atoms with Crippen LogP contribution in [0.25, 0.3) is 0 Å². The molecular weight excluding hydrogens is 317 g/mol. The van der Waals surface area contributed by atoms with E-state index < -0.39 is 18.9 Å². The first kappa shape index (κ1) is 23.7. The van der Waals surface area contributed by atoms with Crippen molar-refractivity contribution < 1.29 is 22.6 Å². The summed E-state index contributed by atoms with van der Waals surface area (Å²) >= 11 is 0. The lowest BCUT2D eigenvalue weighted by atomic mass is 10.1. The van der Waals surface area contributed by atoms with Gasteiger partial charge in [-0.15, -0.1) is 0 Å². The molecule has 0 amide bonds. The molecule has 0 aromatic rings. The standard InChI is InChI=1S/C19H37F3O2/c1-3-5-7-9-11-13-15-23-18(17-19(20,21)22)24-16-14-12-10-8-6-4-2/h18H,3-17H2,1-2H3. The lowest BCUT2D eigenvalue weighted by molar-refractivity contribution is -0.222. The van der Waals surface area contributed by atoms with Gasteiger partial charge in [0.2, 0.25) is 0 Å². The van der Waals surface area contributed by atoms with Crippen molar-refractivity contribution in [2.24, 2.45) is 0 Å². The summed E-state index contributed by atoms with van der Waals surface area (Å²) in [4.78, 5) is 0. The average molecular weight is 354 g/mol. The van der Waals surface area contributed by atoms with Crippen LogP contribution in [0.5, 0.6) is 0 Å². The molecule has 2 nitrogen and oxygen atoms in total. The Labute approximate surface area is 146 Å². The Morgan fingerprint density at radius 2 is 1.00 bits per heavy atom. The minimum Gasteiger partial charge on any atom is -0.352 e. The Morgan fingerprint density at radius 3 is 1.38 bits per heavy atom. The molecule has 0 fully saturated rings. The molecule has 0 aliphatic rings. The van der Waals surface area contributed by atoms with Gasteiger partial charge in [-0.2, -0.15) is 13.2 Å². The number of hydrogen-bond acceptors (Lipinski definition) is 2. The topological polar surface area (TPSA) is 18.5 Å². The van der Waals surface area contributed by atoms with E-state index in [1.165, 1.54) is 38.5 Å². The highest BCUT2D eigenvalue weighted by atomic mass is 19.4. The number of halogens is 3. The predicted octanol–water partition coefficient (Wildman–Crippen LogP) is 7.02. The molecule has 0 aliphatic heterocycles. The maximum absolute atomic E-state index is 12.6. The normalized spacial score (nSPS) is 12.2. The summed E-state index contributed by atoms with van der Waals surface area (Å²) in [6.07, 6.45) is 6.68. The quantitative estimate of drug-likeness (QED) is 0.206. The third-order valence-electron chi connectivity index (χ3n) is 4.00. The molecule has 0 atom stereocenters. The van der Waals surface area contributed by atoms with Crippen LogP contribution in [-0.4, -0.2) is 25.7 Å². The molecule has 0 N–H and O–H groups in total. The Hall–Kier alpha value is -0.290. The molecule has 0 saturated heterocycles. The van der Waals surface area contributed by atoms with Gasteiger partial charge in [0.25, 0.3) is 0 Å². The van der Waals surface area contributed by atoms with Crippen molar-refractivity contribution >= 4 is 0 Å². The van der Waals surface area contributed by atoms with Gasteiger partial charge in [0, 0.05) is 13.2 Å². The zero-order valence-electron chi connectivity index (χ0n) is 15.6. The highest BCUT2D eigenvalue weighted by Gasteiger charge is 2.33. The molecule has 0 rings (SSSR count). The summed E-state index contributed by atoms with van der Waals surface area (Å²) < 4.78 is 48.4. The number of unbranched alkanes of at least 4 members (excludes halogenated alkanes) is 10. The number of ether oxygens (including phenoxy) is 2. The second-order valence-corrected chi connectivity index (χ2v) is 6.53. The van der Waals surface area contributed by atoms with E-state index in [2.05, 4.69) is 13.8 Å². The van der Waals surface area contributed by atoms with E-state index in [1.54, 1.807) is 0 Å². The first-order valence-electron chi connectivity index (χ1n) is 9.79. The van der Waals surface area contributed by atoms with E-state index in [1.807, 2.05) is 0 Å². The molecule has 0 bridgehead atoms. The monoisotopic (exact) mass is 354 g/mol. The summed E-state index contributed by atoms with van der Waals surface area (Å²) in [5.41, 5.74) is 0. The van der Waals surface area contributed by atoms with Crippen molar-refractivity contribution in [1.29, 1.82) is 0 Å². The Kier molecular flexibility index (Phi) is 16.0. The molecule has 5 heteroatoms. The van der Waals surface area contributed by atoms with Gasteiger partial charge in [-0.3, -0.25) is 0 Å². The van der Waals surface area contributed by atoms with Crippen LogP contribution in [0.2, 0.25) is 0 Å². The Balaban J connectivity index is 3.77. The SMILES string of the molecule is CCCCCCCCOC(CC(F)(F)F)OCCCCCCCC. The van der Waals surface area contributed by atoms with Gasteiger partial charge in [-0.05, 0) is 12.8 Å². The fourth-order valence-electron chi connectivity index (χ4n) is 2.55. The second-order valence-electron chi connectivity index (χ2n) is 6.53. The molecule has 0 spiro atoms. The van der Waals surface area contributed by atoms with E-state index in [9.17, 15) is 13.2 Å². The number of alkyl halides is 3. The van der Waals surface area contributed by atoms with Crippen molar-refractivity contribution in [3.05, 3.63) is 0 Å². The molecule has 0 saturated carbocycles. The number of rotatable bonds is 17. The van der Waals surface area contributed by atoms with Crippen LogP contribution in [0.15, 0.2) is 0 Å². The zero-order chi connectivity index (χ0) is 18.1. The minimum absolute atomic E-state index is 0.351. The van der Waals surface area contributed by atoms with E-state index in [0.717, 1.165) is 38.5 Å². The lowest BCUT2D eigenvalue weighted by Crippen LogP contribution is -2.26. The third kappa shape index (κ3) is 18.1. The molecule has 0 unspecified atom stereocenters. The molecule has 0 heterocycles. The van der Waals surface area contributed by atoms with E-state index in [-0.39, 0.29) is 0 Å². The lowest BCUT2D eigenvalue weighted by Gasteiger charge is -2.20. The Bertz CT molecular complexity index is 239. The van der Waals surface area contributed by atoms with Crippen LogP contribution >= 0.6 is 0 Å². The molecule has 0 aromatic heterocycles. The molecular formula is C19H37F3O2. The van der Waals surface area contributed by atoms with Crippen LogP contribution in [-0.2, 0) is 9.47 Å². The van der Waals surface area contributed by atoms with Gasteiger partial charge in [0.15, 0.2) is 6.29 Å². The summed E-state index contributed by atoms with van der Waals surface area (Å²) in [6, 6.07) is 0. The summed E-state index contributed by atoms with van der Waals surface area (Å²) in [5, 5.41) is 0. The van der Waals surface area contributed by atoms with Crippen LogP contribution in [0.1, 0.15) is 97.3 Å². The molecule has 24 heavy (non-hydrogen) atoms. The van der Waals surface area contributed by atoms with Gasteiger partial charge >= 0.3 is 6.18 Å². The average Bonchev–Trinajstić information content (AvgIpc) is 2.51. The van der Waals surface area contributed by atoms with Gasteiger partial charge in [0.05, 0.1) is 6.42 Å². The Morgan fingerprint density at radius 1 is 0.625 bits per heavy atom. The first-order valence-corrected chi connectivity index (χ1v) is 9.79. The molecule has 0 radical (unpaired) electrons. The van der Waals surface area contributed by atoms with Crippen molar-refractivity contribution in [2.45, 2.75) is 110 Å². The van der Waals surface area contributed by atoms with Crippen LogP contribution in [0.4, 0.5) is 13.2 Å². The highest BCUT2D eigenvalue weighted by Crippen LogP contribution is 2.24. The van der Waals surface area contributed by atoms with Crippen molar-refractivity contribution in [1.82, 2.24) is 0 Å².